The highest BCUT2D eigenvalue weighted by Gasteiger charge is 2.35. The number of aromatic hydroxyl groups is 1. The lowest BCUT2D eigenvalue weighted by molar-refractivity contribution is -0.578. The lowest BCUT2D eigenvalue weighted by Gasteiger charge is -2.00. The van der Waals surface area contributed by atoms with E-state index in [0.29, 0.717) is 5.69 Å². The number of nitrogens with zero attached hydrogens (tertiary/aromatic N) is 3. The molecule has 5 rings (SSSR count). The molecule has 3 heterocycles. The number of aromatic nitrogens is 2. The summed E-state index contributed by atoms with van der Waals surface area (Å²) in [6.07, 6.45) is 2.10. The summed E-state index contributed by atoms with van der Waals surface area (Å²) in [6.45, 7) is 4.19. The smallest absolute Gasteiger partial charge is 0.237 e. The third kappa shape index (κ3) is 2.60. The van der Waals surface area contributed by atoms with Gasteiger partial charge in [-0.2, -0.15) is 4.57 Å². The largest absolute Gasteiger partial charge is 0.493 e. The van der Waals surface area contributed by atoms with E-state index < -0.39 is 0 Å². The zero-order chi connectivity index (χ0) is 20.1. The maximum Gasteiger partial charge on any atom is 0.237 e. The van der Waals surface area contributed by atoms with Crippen LogP contribution in [-0.2, 0) is 7.05 Å². The standard InChI is InChI=1S/C25H21N3O/c1-16-13-14-28-21(15-16)22(17(2)24(28)18-9-5-4-6-10-18)26-23-19-11-7-8-12-20(19)27(3)25(23)29/h4-15H,1-3H3/p+1. The monoisotopic (exact) mass is 380 g/mol. The number of rotatable bonds is 2. The summed E-state index contributed by atoms with van der Waals surface area (Å²) in [5, 5.41) is 11.7. The Hall–Kier alpha value is -3.66. The highest BCUT2D eigenvalue weighted by Crippen LogP contribution is 2.39. The first-order valence-electron chi connectivity index (χ1n) is 9.71. The Morgan fingerprint density at radius 2 is 1.66 bits per heavy atom. The van der Waals surface area contributed by atoms with Crippen molar-refractivity contribution in [3.05, 3.63) is 95.3 Å². The van der Waals surface area contributed by atoms with Crippen LogP contribution in [0, 0.1) is 6.92 Å². The van der Waals surface area contributed by atoms with Gasteiger partial charge in [0.2, 0.25) is 17.3 Å². The van der Waals surface area contributed by atoms with Gasteiger partial charge in [-0.15, -0.1) is 0 Å². The summed E-state index contributed by atoms with van der Waals surface area (Å²) < 4.78 is 3.98. The number of hydrogen-bond donors (Lipinski definition) is 1. The number of allylic oxidation sites excluding steroid dienone is 1. The van der Waals surface area contributed by atoms with E-state index in [-0.39, 0.29) is 5.88 Å². The third-order valence-electron chi connectivity index (χ3n) is 5.63. The van der Waals surface area contributed by atoms with Crippen molar-refractivity contribution in [2.75, 3.05) is 0 Å². The lowest BCUT2D eigenvalue weighted by Crippen LogP contribution is -2.34. The van der Waals surface area contributed by atoms with Crippen molar-refractivity contribution < 1.29 is 9.67 Å². The quantitative estimate of drug-likeness (QED) is 0.494. The molecule has 0 unspecified atom stereocenters. The molecule has 0 aliphatic carbocycles. The van der Waals surface area contributed by atoms with E-state index >= 15 is 0 Å². The molecule has 4 aromatic rings. The molecule has 142 valence electrons. The molecule has 1 aliphatic heterocycles. The molecule has 0 fully saturated rings. The van der Waals surface area contributed by atoms with E-state index in [4.69, 9.17) is 4.99 Å². The van der Waals surface area contributed by atoms with Gasteiger partial charge < -0.3 is 9.67 Å². The molecule has 2 aromatic heterocycles. The first-order valence-corrected chi connectivity index (χ1v) is 9.71. The van der Waals surface area contributed by atoms with Gasteiger partial charge in [0.15, 0.2) is 6.20 Å². The number of fused-ring (bicyclic) bond motifs is 2. The van der Waals surface area contributed by atoms with E-state index in [2.05, 4.69) is 61.0 Å². The highest BCUT2D eigenvalue weighted by atomic mass is 16.3. The predicted octanol–water partition coefficient (Wildman–Crippen LogP) is 4.89. The van der Waals surface area contributed by atoms with Crippen molar-refractivity contribution in [1.82, 2.24) is 4.57 Å². The summed E-state index contributed by atoms with van der Waals surface area (Å²) >= 11 is 0. The summed E-state index contributed by atoms with van der Waals surface area (Å²) in [7, 11) is 1.86. The minimum absolute atomic E-state index is 0.180. The predicted molar refractivity (Wildman–Crippen MR) is 117 cm³/mol. The summed E-state index contributed by atoms with van der Waals surface area (Å²) in [5.41, 5.74) is 8.03. The number of para-hydroxylation sites is 1. The maximum atomic E-state index is 10.8. The molecule has 0 spiro atoms. The van der Waals surface area contributed by atoms with Crippen molar-refractivity contribution in [1.29, 1.82) is 0 Å². The van der Waals surface area contributed by atoms with Gasteiger partial charge in [-0.1, -0.05) is 36.4 Å². The average molecular weight is 380 g/mol. The molecule has 4 heteroatoms. The van der Waals surface area contributed by atoms with E-state index in [1.54, 1.807) is 4.57 Å². The number of aliphatic imine (C=N–C) groups is 1. The van der Waals surface area contributed by atoms with Crippen LogP contribution in [0.3, 0.4) is 0 Å². The SMILES string of the molecule is CC1=C(c2ccccc2)[n+]2ccc(C)cc2/C1=N/c1c(O)n(C)c2ccccc12. The zero-order valence-electron chi connectivity index (χ0n) is 16.7. The molecule has 0 atom stereocenters. The molecule has 4 nitrogen and oxygen atoms in total. The molecule has 0 saturated carbocycles. The van der Waals surface area contributed by atoms with Crippen LogP contribution >= 0.6 is 0 Å². The second kappa shape index (κ2) is 6.45. The molecule has 1 aliphatic rings. The van der Waals surface area contributed by atoms with Gasteiger partial charge in [0, 0.05) is 30.1 Å². The van der Waals surface area contributed by atoms with Gasteiger partial charge in [-0.05, 0) is 37.6 Å². The Labute approximate surface area is 169 Å². The lowest BCUT2D eigenvalue weighted by atomic mass is 10.1. The highest BCUT2D eigenvalue weighted by molar-refractivity contribution is 6.18. The van der Waals surface area contributed by atoms with Gasteiger partial charge in [-0.3, -0.25) is 0 Å². The first kappa shape index (κ1) is 17.4. The van der Waals surface area contributed by atoms with E-state index in [0.717, 1.165) is 39.1 Å². The Kier molecular flexibility index (Phi) is 3.88. The summed E-state index contributed by atoms with van der Waals surface area (Å²) in [5.74, 6) is 0.180. The Morgan fingerprint density at radius 1 is 0.931 bits per heavy atom. The van der Waals surface area contributed by atoms with E-state index in [1.807, 2.05) is 37.4 Å². The molecule has 0 amide bonds. The normalized spacial score (nSPS) is 14.8. The van der Waals surface area contributed by atoms with Gasteiger partial charge in [0.1, 0.15) is 11.4 Å². The van der Waals surface area contributed by atoms with Gasteiger partial charge >= 0.3 is 0 Å². The van der Waals surface area contributed by atoms with Crippen LogP contribution in [-0.4, -0.2) is 15.4 Å². The van der Waals surface area contributed by atoms with Crippen LogP contribution < -0.4 is 4.57 Å². The van der Waals surface area contributed by atoms with Crippen LogP contribution in [0.15, 0.2) is 83.5 Å². The number of hydrogen-bond acceptors (Lipinski definition) is 2. The topological polar surface area (TPSA) is 41.4 Å². The minimum atomic E-state index is 0.180. The maximum absolute atomic E-state index is 10.8. The molecule has 0 radical (unpaired) electrons. The number of aryl methyl sites for hydroxylation is 2. The molecule has 0 bridgehead atoms. The van der Waals surface area contributed by atoms with Gasteiger partial charge in [-0.25, -0.2) is 4.99 Å². The first-order chi connectivity index (χ1) is 14.1. The van der Waals surface area contributed by atoms with Crippen LogP contribution in [0.25, 0.3) is 16.6 Å². The van der Waals surface area contributed by atoms with Crippen LogP contribution in [0.1, 0.15) is 23.7 Å². The van der Waals surface area contributed by atoms with E-state index in [9.17, 15) is 5.11 Å². The molecule has 0 saturated heterocycles. The zero-order valence-corrected chi connectivity index (χ0v) is 16.7. The van der Waals surface area contributed by atoms with Gasteiger partial charge in [0.05, 0.1) is 11.1 Å². The fourth-order valence-corrected chi connectivity index (χ4v) is 4.14. The second-order valence-corrected chi connectivity index (χ2v) is 7.51. The van der Waals surface area contributed by atoms with Crippen molar-refractivity contribution in [2.45, 2.75) is 13.8 Å². The van der Waals surface area contributed by atoms with E-state index in [1.165, 1.54) is 5.56 Å². The molecule has 1 N–H and O–H groups in total. The number of pyridine rings is 1. The Bertz CT molecular complexity index is 1330. The van der Waals surface area contributed by atoms with Crippen molar-refractivity contribution in [3.63, 3.8) is 0 Å². The van der Waals surface area contributed by atoms with Crippen LogP contribution in [0.2, 0.25) is 0 Å². The third-order valence-corrected chi connectivity index (χ3v) is 5.63. The number of benzene rings is 2. The van der Waals surface area contributed by atoms with Gasteiger partial charge in [0.25, 0.3) is 0 Å². The van der Waals surface area contributed by atoms with Crippen LogP contribution in [0.5, 0.6) is 5.88 Å². The van der Waals surface area contributed by atoms with Crippen molar-refractivity contribution >= 4 is 28.0 Å². The minimum Gasteiger partial charge on any atom is -0.493 e. The average Bonchev–Trinajstić information content (AvgIpc) is 3.15. The van der Waals surface area contributed by atoms with Crippen molar-refractivity contribution in [2.24, 2.45) is 12.0 Å². The molecule has 29 heavy (non-hydrogen) atoms. The summed E-state index contributed by atoms with van der Waals surface area (Å²) in [4.78, 5) is 5.01. The molecule has 2 aromatic carbocycles. The molecular weight excluding hydrogens is 358 g/mol. The summed E-state index contributed by atoms with van der Waals surface area (Å²) in [6, 6.07) is 22.6. The van der Waals surface area contributed by atoms with Crippen LogP contribution in [0.4, 0.5) is 5.69 Å². The Balaban J connectivity index is 1.81. The van der Waals surface area contributed by atoms with Crippen molar-refractivity contribution in [3.8, 4) is 5.88 Å². The second-order valence-electron chi connectivity index (χ2n) is 7.51. The molecular formula is C25H22N3O+. The fraction of sp³-hybridized carbons (Fsp3) is 0.120. The Morgan fingerprint density at radius 3 is 2.45 bits per heavy atom. The fourth-order valence-electron chi connectivity index (χ4n) is 4.14.